The van der Waals surface area contributed by atoms with Gasteiger partial charge in [0.2, 0.25) is 0 Å². The van der Waals surface area contributed by atoms with Gasteiger partial charge < -0.3 is 4.90 Å². The average molecular weight is 172 g/mol. The summed E-state index contributed by atoms with van der Waals surface area (Å²) in [7, 11) is 1.82. The lowest BCUT2D eigenvalue weighted by Crippen LogP contribution is -2.18. The number of nitrogens with zero attached hydrogens (tertiary/aromatic N) is 4. The normalized spacial score (nSPS) is 8.54. The molecule has 1 aromatic heterocycles. The van der Waals surface area contributed by atoms with Crippen LogP contribution in [0, 0.1) is 23.7 Å². The first kappa shape index (κ1) is 9.02. The zero-order valence-corrected chi connectivity index (χ0v) is 7.23. The molecule has 0 fully saturated rings. The van der Waals surface area contributed by atoms with Crippen LogP contribution in [0.5, 0.6) is 0 Å². The summed E-state index contributed by atoms with van der Waals surface area (Å²) in [5, 5.41) is 8.47. The quantitative estimate of drug-likeness (QED) is 0.606. The maximum absolute atomic E-state index is 8.47. The lowest BCUT2D eigenvalue weighted by molar-refractivity contribution is 0.984. The molecular weight excluding hydrogens is 164 g/mol. The Hall–Kier alpha value is -2.07. The molecule has 0 saturated heterocycles. The summed E-state index contributed by atoms with van der Waals surface area (Å²) >= 11 is 0. The minimum absolute atomic E-state index is 0.304. The second kappa shape index (κ2) is 4.08. The number of nitriles is 1. The van der Waals surface area contributed by atoms with Gasteiger partial charge in [-0.1, -0.05) is 5.92 Å². The van der Waals surface area contributed by atoms with Gasteiger partial charge in [-0.25, -0.2) is 9.97 Å². The summed E-state index contributed by atoms with van der Waals surface area (Å²) < 4.78 is 0. The molecule has 0 amide bonds. The minimum atomic E-state index is 0.304. The molecule has 0 spiro atoms. The molecule has 64 valence electrons. The Labute approximate surface area is 76.8 Å². The predicted octanol–water partition coefficient (Wildman–Crippen LogP) is 0.418. The zero-order valence-electron chi connectivity index (χ0n) is 7.23. The van der Waals surface area contributed by atoms with Gasteiger partial charge in [0.15, 0.2) is 5.69 Å². The summed E-state index contributed by atoms with van der Waals surface area (Å²) in [4.78, 5) is 9.65. The van der Waals surface area contributed by atoms with Crippen LogP contribution in [0.2, 0.25) is 0 Å². The molecule has 0 atom stereocenters. The first-order chi connectivity index (χ1) is 6.27. The van der Waals surface area contributed by atoms with Crippen molar-refractivity contribution in [1.82, 2.24) is 9.97 Å². The first-order valence-corrected chi connectivity index (χ1v) is 3.64. The molecular formula is C9H8N4. The second-order valence-corrected chi connectivity index (χ2v) is 2.43. The maximum atomic E-state index is 8.47. The standard InChI is InChI=1S/C9H8N4/c1-3-4-13(2)9-7-11-8(5-10)6-12-9/h1,6-7H,4H2,2H3. The Kier molecular flexibility index (Phi) is 2.83. The zero-order chi connectivity index (χ0) is 9.68. The van der Waals surface area contributed by atoms with Gasteiger partial charge in [-0.3, -0.25) is 0 Å². The molecule has 13 heavy (non-hydrogen) atoms. The molecule has 0 aliphatic carbocycles. The van der Waals surface area contributed by atoms with E-state index in [1.54, 1.807) is 4.90 Å². The molecule has 1 rings (SSSR count). The van der Waals surface area contributed by atoms with E-state index < -0.39 is 0 Å². The van der Waals surface area contributed by atoms with Crippen LogP contribution in [0.25, 0.3) is 0 Å². The Morgan fingerprint density at radius 3 is 2.77 bits per heavy atom. The van der Waals surface area contributed by atoms with Crippen molar-refractivity contribution in [2.24, 2.45) is 0 Å². The monoisotopic (exact) mass is 172 g/mol. The van der Waals surface area contributed by atoms with Crippen molar-refractivity contribution in [1.29, 1.82) is 5.26 Å². The fourth-order valence-corrected chi connectivity index (χ4v) is 0.794. The number of anilines is 1. The third-order valence-electron chi connectivity index (χ3n) is 1.47. The van der Waals surface area contributed by atoms with E-state index in [9.17, 15) is 0 Å². The molecule has 0 N–H and O–H groups in total. The number of hydrogen-bond acceptors (Lipinski definition) is 4. The number of rotatable bonds is 2. The van der Waals surface area contributed by atoms with Gasteiger partial charge in [0.25, 0.3) is 0 Å². The summed E-state index contributed by atoms with van der Waals surface area (Å²) in [6, 6.07) is 1.89. The highest BCUT2D eigenvalue weighted by atomic mass is 15.2. The van der Waals surface area contributed by atoms with E-state index in [1.807, 2.05) is 13.1 Å². The van der Waals surface area contributed by atoms with Gasteiger partial charge >= 0.3 is 0 Å². The largest absolute Gasteiger partial charge is 0.347 e. The predicted molar refractivity (Wildman–Crippen MR) is 48.9 cm³/mol. The molecule has 0 saturated carbocycles. The van der Waals surface area contributed by atoms with Gasteiger partial charge in [0.05, 0.1) is 18.9 Å². The van der Waals surface area contributed by atoms with Gasteiger partial charge in [-0.15, -0.1) is 6.42 Å². The van der Waals surface area contributed by atoms with E-state index >= 15 is 0 Å². The number of terminal acetylenes is 1. The Morgan fingerprint density at radius 1 is 1.54 bits per heavy atom. The lowest BCUT2D eigenvalue weighted by atomic mass is 10.5. The maximum Gasteiger partial charge on any atom is 0.158 e. The van der Waals surface area contributed by atoms with E-state index in [0.717, 1.165) is 0 Å². The van der Waals surface area contributed by atoms with E-state index in [1.165, 1.54) is 12.4 Å². The highest BCUT2D eigenvalue weighted by molar-refractivity contribution is 5.37. The van der Waals surface area contributed by atoms with E-state index in [0.29, 0.717) is 18.1 Å². The van der Waals surface area contributed by atoms with Crippen molar-refractivity contribution in [2.45, 2.75) is 0 Å². The number of hydrogen-bond donors (Lipinski definition) is 0. The van der Waals surface area contributed by atoms with Crippen molar-refractivity contribution in [2.75, 3.05) is 18.5 Å². The highest BCUT2D eigenvalue weighted by Crippen LogP contribution is 2.04. The van der Waals surface area contributed by atoms with Crippen molar-refractivity contribution in [3.63, 3.8) is 0 Å². The van der Waals surface area contributed by atoms with Crippen LogP contribution in [0.4, 0.5) is 5.82 Å². The Balaban J connectivity index is 2.82. The van der Waals surface area contributed by atoms with Crippen LogP contribution in [0.15, 0.2) is 12.4 Å². The summed E-state index contributed by atoms with van der Waals surface area (Å²) in [5.41, 5.74) is 0.304. The molecule has 0 radical (unpaired) electrons. The lowest BCUT2D eigenvalue weighted by Gasteiger charge is -2.13. The highest BCUT2D eigenvalue weighted by Gasteiger charge is 2.00. The van der Waals surface area contributed by atoms with Crippen LogP contribution in [-0.2, 0) is 0 Å². The number of aromatic nitrogens is 2. The molecule has 0 bridgehead atoms. The van der Waals surface area contributed by atoms with Crippen LogP contribution in [0.1, 0.15) is 5.69 Å². The molecule has 4 nitrogen and oxygen atoms in total. The molecule has 4 heteroatoms. The molecule has 0 aliphatic rings. The minimum Gasteiger partial charge on any atom is -0.347 e. The van der Waals surface area contributed by atoms with Gasteiger partial charge in [-0.2, -0.15) is 5.26 Å². The smallest absolute Gasteiger partial charge is 0.158 e. The molecule has 0 aromatic carbocycles. The van der Waals surface area contributed by atoms with E-state index in [4.69, 9.17) is 11.7 Å². The van der Waals surface area contributed by atoms with Gasteiger partial charge in [0, 0.05) is 7.05 Å². The summed E-state index contributed by atoms with van der Waals surface area (Å²) in [5.74, 6) is 3.15. The van der Waals surface area contributed by atoms with Crippen LogP contribution < -0.4 is 4.90 Å². The first-order valence-electron chi connectivity index (χ1n) is 3.64. The van der Waals surface area contributed by atoms with E-state index in [2.05, 4.69) is 15.9 Å². The average Bonchev–Trinajstić information content (AvgIpc) is 2.18. The van der Waals surface area contributed by atoms with Crippen LogP contribution in [0.3, 0.4) is 0 Å². The molecule has 0 unspecified atom stereocenters. The fourth-order valence-electron chi connectivity index (χ4n) is 0.794. The Bertz CT molecular complexity index is 355. The third kappa shape index (κ3) is 2.18. The second-order valence-electron chi connectivity index (χ2n) is 2.43. The topological polar surface area (TPSA) is 52.8 Å². The van der Waals surface area contributed by atoms with E-state index in [-0.39, 0.29) is 0 Å². The van der Waals surface area contributed by atoms with Crippen molar-refractivity contribution >= 4 is 5.82 Å². The molecule has 1 heterocycles. The summed E-state index contributed by atoms with van der Waals surface area (Å²) in [6.07, 6.45) is 8.07. The SMILES string of the molecule is C#CCN(C)c1cnc(C#N)cn1. The van der Waals surface area contributed by atoms with Crippen molar-refractivity contribution in [3.05, 3.63) is 18.1 Å². The van der Waals surface area contributed by atoms with Crippen LogP contribution >= 0.6 is 0 Å². The van der Waals surface area contributed by atoms with Crippen molar-refractivity contribution < 1.29 is 0 Å². The van der Waals surface area contributed by atoms with Gasteiger partial charge in [-0.05, 0) is 0 Å². The fraction of sp³-hybridized carbons (Fsp3) is 0.222. The molecule has 0 aliphatic heterocycles. The third-order valence-corrected chi connectivity index (χ3v) is 1.47. The van der Waals surface area contributed by atoms with Gasteiger partial charge in [0.1, 0.15) is 11.9 Å². The van der Waals surface area contributed by atoms with Crippen molar-refractivity contribution in [3.8, 4) is 18.4 Å². The molecule has 1 aromatic rings. The summed E-state index contributed by atoms with van der Waals surface area (Å²) in [6.45, 7) is 0.473. The van der Waals surface area contributed by atoms with Crippen LogP contribution in [-0.4, -0.2) is 23.6 Å². The Morgan fingerprint density at radius 2 is 2.31 bits per heavy atom.